The van der Waals surface area contributed by atoms with E-state index in [1.165, 1.54) is 0 Å². The number of amides is 1. The maximum atomic E-state index is 12.1. The Kier molecular flexibility index (Phi) is 8.15. The molecule has 142 valence electrons. The van der Waals surface area contributed by atoms with Gasteiger partial charge in [-0.3, -0.25) is 4.79 Å². The van der Waals surface area contributed by atoms with E-state index in [4.69, 9.17) is 13.9 Å². The number of aliphatic hydroxyl groups is 1. The van der Waals surface area contributed by atoms with Gasteiger partial charge in [-0.1, -0.05) is 35.8 Å². The Bertz CT molecular complexity index is 701. The summed E-state index contributed by atoms with van der Waals surface area (Å²) in [6.45, 7) is 5.13. The van der Waals surface area contributed by atoms with Crippen molar-refractivity contribution in [2.45, 2.75) is 26.6 Å². The van der Waals surface area contributed by atoms with Gasteiger partial charge in [0, 0.05) is 17.6 Å². The van der Waals surface area contributed by atoms with Crippen molar-refractivity contribution in [1.29, 1.82) is 0 Å². The summed E-state index contributed by atoms with van der Waals surface area (Å²) >= 11 is 3.38. The fourth-order valence-electron chi connectivity index (χ4n) is 2.09. The fraction of sp³-hybridized carbons (Fsp3) is 0.421. The highest BCUT2D eigenvalue weighted by Gasteiger charge is 2.13. The van der Waals surface area contributed by atoms with Crippen LogP contribution in [0.1, 0.15) is 30.2 Å². The molecule has 0 aliphatic carbocycles. The van der Waals surface area contributed by atoms with E-state index in [2.05, 4.69) is 21.2 Å². The van der Waals surface area contributed by atoms with Gasteiger partial charge in [0.15, 0.2) is 5.76 Å². The standard InChI is InChI=1S/C19H24BrNO5/c1-13(2)10-24-11-15(22)9-21-19(23)18-7-6-17(26-18)12-25-16-5-3-4-14(20)8-16/h3-8,13,15,22H,9-12H2,1-2H3,(H,21,23)/t15-/m1/s1. The molecule has 0 radical (unpaired) electrons. The topological polar surface area (TPSA) is 80.9 Å². The van der Waals surface area contributed by atoms with Crippen LogP contribution in [-0.2, 0) is 11.3 Å². The zero-order valence-corrected chi connectivity index (χ0v) is 16.5. The second-order valence-electron chi connectivity index (χ2n) is 6.31. The molecule has 2 rings (SSSR count). The Balaban J connectivity index is 1.74. The first kappa shape index (κ1) is 20.5. The molecular weight excluding hydrogens is 402 g/mol. The number of hydrogen-bond acceptors (Lipinski definition) is 5. The minimum absolute atomic E-state index is 0.0987. The van der Waals surface area contributed by atoms with E-state index in [0.717, 1.165) is 4.47 Å². The quantitative estimate of drug-likeness (QED) is 0.609. The second-order valence-corrected chi connectivity index (χ2v) is 7.22. The molecule has 1 atom stereocenters. The summed E-state index contributed by atoms with van der Waals surface area (Å²) in [6.07, 6.45) is -0.757. The molecule has 1 heterocycles. The Morgan fingerprint density at radius 1 is 1.27 bits per heavy atom. The number of carbonyl (C=O) groups is 1. The zero-order valence-electron chi connectivity index (χ0n) is 14.9. The van der Waals surface area contributed by atoms with Crippen molar-refractivity contribution in [3.63, 3.8) is 0 Å². The number of furan rings is 1. The highest BCUT2D eigenvalue weighted by Crippen LogP contribution is 2.19. The normalized spacial score (nSPS) is 12.2. The number of hydrogen-bond donors (Lipinski definition) is 2. The van der Waals surface area contributed by atoms with Crippen LogP contribution >= 0.6 is 15.9 Å². The minimum atomic E-state index is -0.757. The van der Waals surface area contributed by atoms with Gasteiger partial charge in [-0.2, -0.15) is 0 Å². The van der Waals surface area contributed by atoms with Gasteiger partial charge in [0.2, 0.25) is 0 Å². The van der Waals surface area contributed by atoms with Gasteiger partial charge in [0.25, 0.3) is 5.91 Å². The molecule has 0 bridgehead atoms. The molecule has 0 aliphatic rings. The maximum absolute atomic E-state index is 12.1. The summed E-state index contributed by atoms with van der Waals surface area (Å²) in [5, 5.41) is 12.4. The molecular formula is C19H24BrNO5. The first-order valence-electron chi connectivity index (χ1n) is 8.45. The third-order valence-corrected chi connectivity index (χ3v) is 3.82. The summed E-state index contributed by atoms with van der Waals surface area (Å²) in [5.41, 5.74) is 0. The third kappa shape index (κ3) is 7.19. The lowest BCUT2D eigenvalue weighted by Crippen LogP contribution is -2.34. The van der Waals surface area contributed by atoms with E-state index in [1.54, 1.807) is 12.1 Å². The van der Waals surface area contributed by atoms with Gasteiger partial charge in [-0.15, -0.1) is 0 Å². The average molecular weight is 426 g/mol. The van der Waals surface area contributed by atoms with E-state index in [0.29, 0.717) is 24.0 Å². The molecule has 2 aromatic rings. The number of carbonyl (C=O) groups excluding carboxylic acids is 1. The van der Waals surface area contributed by atoms with Crippen molar-refractivity contribution in [3.05, 3.63) is 52.4 Å². The van der Waals surface area contributed by atoms with Crippen LogP contribution < -0.4 is 10.1 Å². The number of nitrogens with one attached hydrogen (secondary N) is 1. The molecule has 1 amide bonds. The molecule has 6 nitrogen and oxygen atoms in total. The van der Waals surface area contributed by atoms with Gasteiger partial charge in [0.05, 0.1) is 12.7 Å². The van der Waals surface area contributed by atoms with Gasteiger partial charge < -0.3 is 24.3 Å². The zero-order chi connectivity index (χ0) is 18.9. The Labute approximate surface area is 161 Å². The highest BCUT2D eigenvalue weighted by atomic mass is 79.9. The SMILES string of the molecule is CC(C)COC[C@H](O)CNC(=O)c1ccc(COc2cccc(Br)c2)o1. The highest BCUT2D eigenvalue weighted by molar-refractivity contribution is 9.10. The van der Waals surface area contributed by atoms with Crippen molar-refractivity contribution in [2.75, 3.05) is 19.8 Å². The summed E-state index contributed by atoms with van der Waals surface area (Å²) in [5.74, 6) is 1.43. The van der Waals surface area contributed by atoms with Crippen LogP contribution in [0, 0.1) is 5.92 Å². The van der Waals surface area contributed by atoms with Crippen LogP contribution in [0.5, 0.6) is 5.75 Å². The third-order valence-electron chi connectivity index (χ3n) is 3.32. The van der Waals surface area contributed by atoms with Gasteiger partial charge in [-0.05, 0) is 36.2 Å². The molecule has 2 N–H and O–H groups in total. The average Bonchev–Trinajstić information content (AvgIpc) is 3.07. The van der Waals surface area contributed by atoms with Gasteiger partial charge in [-0.25, -0.2) is 0 Å². The van der Waals surface area contributed by atoms with E-state index in [1.807, 2.05) is 38.1 Å². The van der Waals surface area contributed by atoms with Crippen molar-refractivity contribution >= 4 is 21.8 Å². The lowest BCUT2D eigenvalue weighted by Gasteiger charge is -2.13. The lowest BCUT2D eigenvalue weighted by atomic mass is 10.2. The van der Waals surface area contributed by atoms with Crippen LogP contribution in [0.25, 0.3) is 0 Å². The molecule has 0 saturated heterocycles. The van der Waals surface area contributed by atoms with Crippen LogP contribution in [0.3, 0.4) is 0 Å². The molecule has 0 aliphatic heterocycles. The molecule has 7 heteroatoms. The van der Waals surface area contributed by atoms with E-state index >= 15 is 0 Å². The molecule has 0 fully saturated rings. The fourth-order valence-corrected chi connectivity index (χ4v) is 2.46. The summed E-state index contributed by atoms with van der Waals surface area (Å²) < 4.78 is 17.4. The van der Waals surface area contributed by atoms with Crippen molar-refractivity contribution in [3.8, 4) is 5.75 Å². The van der Waals surface area contributed by atoms with E-state index in [-0.39, 0.29) is 31.4 Å². The first-order chi connectivity index (χ1) is 12.4. The van der Waals surface area contributed by atoms with Crippen LogP contribution in [0.2, 0.25) is 0 Å². The number of aliphatic hydroxyl groups excluding tert-OH is 1. The Morgan fingerprint density at radius 3 is 2.81 bits per heavy atom. The second kappa shape index (κ2) is 10.4. The molecule has 1 aromatic carbocycles. The van der Waals surface area contributed by atoms with Crippen molar-refractivity contribution in [2.24, 2.45) is 5.92 Å². The predicted octanol–water partition coefficient (Wildman–Crippen LogP) is 3.38. The smallest absolute Gasteiger partial charge is 0.287 e. The molecule has 0 spiro atoms. The summed E-state index contributed by atoms with van der Waals surface area (Å²) in [6, 6.07) is 10.7. The molecule has 26 heavy (non-hydrogen) atoms. The Hall–Kier alpha value is -1.83. The number of halogens is 1. The van der Waals surface area contributed by atoms with E-state index in [9.17, 15) is 9.90 Å². The Morgan fingerprint density at radius 2 is 2.08 bits per heavy atom. The number of ether oxygens (including phenoxy) is 2. The minimum Gasteiger partial charge on any atom is -0.486 e. The number of benzene rings is 1. The summed E-state index contributed by atoms with van der Waals surface area (Å²) in [7, 11) is 0. The monoisotopic (exact) mass is 425 g/mol. The predicted molar refractivity (Wildman–Crippen MR) is 101 cm³/mol. The van der Waals surface area contributed by atoms with E-state index < -0.39 is 6.10 Å². The van der Waals surface area contributed by atoms with Crippen molar-refractivity contribution in [1.82, 2.24) is 5.32 Å². The molecule has 1 aromatic heterocycles. The summed E-state index contributed by atoms with van der Waals surface area (Å²) in [4.78, 5) is 12.1. The lowest BCUT2D eigenvalue weighted by molar-refractivity contribution is 0.0257. The molecule has 0 unspecified atom stereocenters. The van der Waals surface area contributed by atoms with Crippen LogP contribution in [0.4, 0.5) is 0 Å². The van der Waals surface area contributed by atoms with Gasteiger partial charge in [0.1, 0.15) is 18.1 Å². The number of rotatable bonds is 10. The van der Waals surface area contributed by atoms with Crippen LogP contribution in [-0.4, -0.2) is 36.9 Å². The van der Waals surface area contributed by atoms with Crippen molar-refractivity contribution < 1.29 is 23.8 Å². The largest absolute Gasteiger partial charge is 0.486 e. The molecule has 0 saturated carbocycles. The maximum Gasteiger partial charge on any atom is 0.287 e. The van der Waals surface area contributed by atoms with Crippen LogP contribution in [0.15, 0.2) is 45.3 Å². The van der Waals surface area contributed by atoms with Gasteiger partial charge >= 0.3 is 0 Å². The first-order valence-corrected chi connectivity index (χ1v) is 9.24.